The van der Waals surface area contributed by atoms with Crippen molar-refractivity contribution in [1.82, 2.24) is 25.5 Å². The van der Waals surface area contributed by atoms with Crippen LogP contribution in [0.1, 0.15) is 41.1 Å². The Labute approximate surface area is 270 Å². The number of aromatic nitrogens is 4. The zero-order valence-corrected chi connectivity index (χ0v) is 26.0. The molecular weight excluding hydrogens is 604 g/mol. The maximum Gasteiger partial charge on any atom is 0.319 e. The number of tetrazole rings is 1. The number of benzene rings is 4. The summed E-state index contributed by atoms with van der Waals surface area (Å²) < 4.78 is 20.3. The van der Waals surface area contributed by atoms with E-state index in [9.17, 15) is 9.90 Å². The number of urea groups is 1. The number of rotatable bonds is 11. The van der Waals surface area contributed by atoms with Gasteiger partial charge in [-0.25, -0.2) is 9.48 Å². The van der Waals surface area contributed by atoms with Gasteiger partial charge in [0.1, 0.15) is 11.5 Å². The molecule has 1 aliphatic rings. The van der Waals surface area contributed by atoms with Gasteiger partial charge < -0.3 is 30.0 Å². The monoisotopic (exact) mass is 638 g/mol. The summed E-state index contributed by atoms with van der Waals surface area (Å²) in [5.41, 5.74) is 4.32. The second kappa shape index (κ2) is 15.0. The van der Waals surface area contributed by atoms with Gasteiger partial charge in [0.15, 0.2) is 6.29 Å². The van der Waals surface area contributed by atoms with Crippen LogP contribution in [0.3, 0.4) is 0 Å². The van der Waals surface area contributed by atoms with Gasteiger partial charge in [-0.1, -0.05) is 78.5 Å². The number of nitrogens with one attached hydrogen (secondary N) is 2. The first-order chi connectivity index (χ1) is 22.5. The Morgan fingerprint density at radius 1 is 0.913 bits per heavy atom. The van der Waals surface area contributed by atoms with Crippen molar-refractivity contribution in [2.24, 2.45) is 7.05 Å². The van der Waals surface area contributed by atoms with Crippen molar-refractivity contribution in [1.29, 1.82) is 0 Å². The molecular formula is C34H34N6O5S. The number of aryl methyl sites for hydroxylation is 1. The number of nitrogens with zero attached hydrogens (tertiary/aromatic N) is 4. The first-order valence-corrected chi connectivity index (χ1v) is 15.8. The number of aliphatic hydroxyl groups is 1. The molecule has 3 atom stereocenters. The van der Waals surface area contributed by atoms with E-state index in [2.05, 4.69) is 26.2 Å². The van der Waals surface area contributed by atoms with Gasteiger partial charge in [0.2, 0.25) is 5.16 Å². The molecule has 2 heterocycles. The van der Waals surface area contributed by atoms with E-state index < -0.39 is 6.29 Å². The highest BCUT2D eigenvalue weighted by molar-refractivity contribution is 7.99. The molecule has 6 rings (SSSR count). The SMILES string of the molecule is Cn1nnnc1SC[C@H]1C[C@@H](c2ccc(CO)cc2)O[C@@H](c2ccc(CNC(=O)Nc3ccc(Oc4ccccc4)cc3)cc2)O1. The van der Waals surface area contributed by atoms with Crippen molar-refractivity contribution in [2.45, 2.75) is 43.2 Å². The summed E-state index contributed by atoms with van der Waals surface area (Å²) in [7, 11) is 1.81. The Kier molecular flexibility index (Phi) is 10.2. The summed E-state index contributed by atoms with van der Waals surface area (Å²) >= 11 is 1.53. The van der Waals surface area contributed by atoms with Gasteiger partial charge in [0, 0.05) is 37.0 Å². The fraction of sp³-hybridized carbons (Fsp3) is 0.235. The van der Waals surface area contributed by atoms with Gasteiger partial charge in [-0.2, -0.15) is 0 Å². The number of hydrogen-bond donors (Lipinski definition) is 3. The summed E-state index contributed by atoms with van der Waals surface area (Å²) in [4.78, 5) is 12.6. The molecule has 4 aromatic carbocycles. The molecule has 3 N–H and O–H groups in total. The zero-order chi connectivity index (χ0) is 31.7. The molecule has 1 saturated heterocycles. The Balaban J connectivity index is 1.05. The van der Waals surface area contributed by atoms with E-state index in [1.54, 1.807) is 23.9 Å². The Bertz CT molecular complexity index is 1700. The molecule has 0 unspecified atom stereocenters. The first-order valence-electron chi connectivity index (χ1n) is 14.8. The predicted molar refractivity (Wildman–Crippen MR) is 173 cm³/mol. The average molecular weight is 639 g/mol. The number of carbonyl (C=O) groups excluding carboxylic acids is 1. The van der Waals surface area contributed by atoms with Crippen molar-refractivity contribution < 1.29 is 24.1 Å². The van der Waals surface area contributed by atoms with E-state index in [1.807, 2.05) is 91.0 Å². The van der Waals surface area contributed by atoms with Gasteiger partial charge >= 0.3 is 6.03 Å². The van der Waals surface area contributed by atoms with Crippen LogP contribution in [0.4, 0.5) is 10.5 Å². The quantitative estimate of drug-likeness (QED) is 0.146. The van der Waals surface area contributed by atoms with E-state index in [0.29, 0.717) is 35.3 Å². The van der Waals surface area contributed by atoms with E-state index in [0.717, 1.165) is 28.0 Å². The Morgan fingerprint density at radius 3 is 2.30 bits per heavy atom. The third kappa shape index (κ3) is 8.29. The van der Waals surface area contributed by atoms with Gasteiger partial charge in [0.05, 0.1) is 18.8 Å². The number of anilines is 1. The van der Waals surface area contributed by atoms with E-state index >= 15 is 0 Å². The molecule has 0 radical (unpaired) electrons. The number of aliphatic hydroxyl groups excluding tert-OH is 1. The molecule has 11 nitrogen and oxygen atoms in total. The maximum atomic E-state index is 12.6. The molecule has 0 aliphatic carbocycles. The number of ether oxygens (including phenoxy) is 3. The van der Waals surface area contributed by atoms with Gasteiger partial charge in [-0.05, 0) is 63.5 Å². The molecule has 1 aliphatic heterocycles. The van der Waals surface area contributed by atoms with Crippen LogP contribution in [-0.2, 0) is 29.7 Å². The number of hydrogen-bond acceptors (Lipinski definition) is 9. The highest BCUT2D eigenvalue weighted by Gasteiger charge is 2.32. The maximum absolute atomic E-state index is 12.6. The zero-order valence-electron chi connectivity index (χ0n) is 25.2. The van der Waals surface area contributed by atoms with Crippen molar-refractivity contribution in [3.8, 4) is 11.5 Å². The molecule has 0 spiro atoms. The lowest BCUT2D eigenvalue weighted by Crippen LogP contribution is -2.31. The van der Waals surface area contributed by atoms with Gasteiger partial charge in [0.25, 0.3) is 0 Å². The van der Waals surface area contributed by atoms with Crippen molar-refractivity contribution in [2.75, 3.05) is 11.1 Å². The first kappa shape index (κ1) is 31.2. The molecule has 5 aromatic rings. The molecule has 236 valence electrons. The van der Waals surface area contributed by atoms with E-state index in [4.69, 9.17) is 14.2 Å². The Morgan fingerprint density at radius 2 is 1.61 bits per heavy atom. The molecule has 1 fully saturated rings. The van der Waals surface area contributed by atoms with E-state index in [1.165, 1.54) is 11.8 Å². The van der Waals surface area contributed by atoms with Crippen LogP contribution in [0, 0.1) is 0 Å². The van der Waals surface area contributed by atoms with Crippen LogP contribution >= 0.6 is 11.8 Å². The molecule has 1 aromatic heterocycles. The van der Waals surface area contributed by atoms with Gasteiger partial charge in [-0.15, -0.1) is 5.10 Å². The fourth-order valence-electron chi connectivity index (χ4n) is 4.91. The summed E-state index contributed by atoms with van der Waals surface area (Å²) in [5, 5.41) is 27.6. The lowest BCUT2D eigenvalue weighted by molar-refractivity contribution is -0.245. The predicted octanol–water partition coefficient (Wildman–Crippen LogP) is 6.15. The van der Waals surface area contributed by atoms with Crippen molar-refractivity contribution in [3.63, 3.8) is 0 Å². The van der Waals surface area contributed by atoms with Crippen LogP contribution in [0.5, 0.6) is 11.5 Å². The number of para-hydroxylation sites is 1. The molecule has 0 saturated carbocycles. The van der Waals surface area contributed by atoms with Gasteiger partial charge in [-0.3, -0.25) is 0 Å². The van der Waals surface area contributed by atoms with Crippen LogP contribution in [0.25, 0.3) is 0 Å². The molecule has 2 amide bonds. The lowest BCUT2D eigenvalue weighted by Gasteiger charge is -2.36. The minimum atomic E-state index is -0.585. The molecule has 46 heavy (non-hydrogen) atoms. The van der Waals surface area contributed by atoms with Crippen molar-refractivity contribution >= 4 is 23.5 Å². The van der Waals surface area contributed by atoms with E-state index in [-0.39, 0.29) is 24.8 Å². The van der Waals surface area contributed by atoms with Crippen molar-refractivity contribution in [3.05, 3.63) is 125 Å². The standard InChI is InChI=1S/C34H34N6O5S/c1-40-34(37-38-39-40)46-22-30-19-31(25-11-9-24(21-41)10-12-25)45-32(44-30)26-13-7-23(8-14-26)20-35-33(42)36-27-15-17-29(18-16-27)43-28-5-3-2-4-6-28/h2-18,30-32,41H,19-22H2,1H3,(H2,35,36,42)/t30-,31+,32+/m1/s1. The fourth-order valence-corrected chi connectivity index (χ4v) is 5.78. The minimum absolute atomic E-state index is 0.0108. The smallest absolute Gasteiger partial charge is 0.319 e. The second-order valence-corrected chi connectivity index (χ2v) is 11.7. The highest BCUT2D eigenvalue weighted by Crippen LogP contribution is 2.39. The third-order valence-corrected chi connectivity index (χ3v) is 8.53. The summed E-state index contributed by atoms with van der Waals surface area (Å²) in [6.07, 6.45) is -0.239. The van der Waals surface area contributed by atoms with Crippen LogP contribution in [0.15, 0.2) is 108 Å². The molecule has 0 bridgehead atoms. The van der Waals surface area contributed by atoms with Crippen LogP contribution in [-0.4, -0.2) is 43.2 Å². The average Bonchev–Trinajstić information content (AvgIpc) is 3.52. The third-order valence-electron chi connectivity index (χ3n) is 7.39. The summed E-state index contributed by atoms with van der Waals surface area (Å²) in [6.45, 7) is 0.335. The van der Waals surface area contributed by atoms with Crippen LogP contribution in [0.2, 0.25) is 0 Å². The Hall–Kier alpha value is -4.75. The number of amides is 2. The normalized spacial score (nSPS) is 17.7. The number of carbonyl (C=O) groups is 1. The summed E-state index contributed by atoms with van der Waals surface area (Å²) in [6, 6.07) is 32.0. The lowest BCUT2D eigenvalue weighted by atomic mass is 10.0. The van der Waals surface area contributed by atoms with Crippen LogP contribution < -0.4 is 15.4 Å². The summed E-state index contributed by atoms with van der Waals surface area (Å²) in [5.74, 6) is 2.08. The molecule has 12 heteroatoms. The number of thioether (sulfide) groups is 1. The topological polar surface area (TPSA) is 133 Å². The second-order valence-electron chi connectivity index (χ2n) is 10.7. The largest absolute Gasteiger partial charge is 0.457 e. The minimum Gasteiger partial charge on any atom is -0.457 e. The highest BCUT2D eigenvalue weighted by atomic mass is 32.2.